The van der Waals surface area contributed by atoms with Gasteiger partial charge in [0.15, 0.2) is 0 Å². The molecule has 6 heteroatoms. The van der Waals surface area contributed by atoms with Crippen LogP contribution in [0.4, 0.5) is 0 Å². The van der Waals surface area contributed by atoms with Crippen LogP contribution in [0.3, 0.4) is 0 Å². The van der Waals surface area contributed by atoms with E-state index in [4.69, 9.17) is 5.11 Å². The number of carbonyl (C=O) groups is 1. The first-order chi connectivity index (χ1) is 9.88. The molecule has 0 saturated carbocycles. The highest BCUT2D eigenvalue weighted by atomic mass is 16.4. The first-order valence-electron chi connectivity index (χ1n) is 6.83. The van der Waals surface area contributed by atoms with Crippen LogP contribution in [0.25, 0.3) is 5.65 Å². The highest BCUT2D eigenvalue weighted by Crippen LogP contribution is 2.05. The fourth-order valence-electron chi connectivity index (χ4n) is 2.17. The highest BCUT2D eigenvalue weighted by Gasteiger charge is 2.20. The van der Waals surface area contributed by atoms with Gasteiger partial charge in [0.05, 0.1) is 5.69 Å². The Kier molecular flexibility index (Phi) is 4.37. The number of hydrogen-bond donors (Lipinski definition) is 2. The summed E-state index contributed by atoms with van der Waals surface area (Å²) >= 11 is 0. The van der Waals surface area contributed by atoms with Gasteiger partial charge in [0, 0.05) is 18.8 Å². The standard InChI is InChI=1S/C15H19N3O3/c1-9(2)14(15(20)21)16-7-11-6-13(19)18-8-10(3)4-5-12(18)17-11/h4-6,8-9,14,16H,7H2,1-3H3,(H,20,21). The molecule has 0 aliphatic heterocycles. The second-order valence-electron chi connectivity index (χ2n) is 5.46. The number of aryl methyl sites for hydroxylation is 1. The van der Waals surface area contributed by atoms with E-state index < -0.39 is 12.0 Å². The lowest BCUT2D eigenvalue weighted by Gasteiger charge is -2.17. The molecule has 0 aromatic carbocycles. The Hall–Kier alpha value is -2.21. The fourth-order valence-corrected chi connectivity index (χ4v) is 2.17. The van der Waals surface area contributed by atoms with Gasteiger partial charge in [-0.2, -0.15) is 0 Å². The van der Waals surface area contributed by atoms with Gasteiger partial charge in [0.25, 0.3) is 5.56 Å². The van der Waals surface area contributed by atoms with Gasteiger partial charge in [-0.3, -0.25) is 19.3 Å². The predicted molar refractivity (Wildman–Crippen MR) is 79.3 cm³/mol. The monoisotopic (exact) mass is 289 g/mol. The number of nitrogens with zero attached hydrogens (tertiary/aromatic N) is 2. The van der Waals surface area contributed by atoms with Crippen molar-refractivity contribution in [3.05, 3.63) is 46.0 Å². The molecular formula is C15H19N3O3. The third-order valence-electron chi connectivity index (χ3n) is 3.30. The zero-order valence-corrected chi connectivity index (χ0v) is 12.3. The van der Waals surface area contributed by atoms with E-state index in [-0.39, 0.29) is 18.0 Å². The van der Waals surface area contributed by atoms with Crippen molar-refractivity contribution in [2.45, 2.75) is 33.4 Å². The van der Waals surface area contributed by atoms with Crippen LogP contribution in [0.1, 0.15) is 25.1 Å². The molecule has 2 N–H and O–H groups in total. The predicted octanol–water partition coefficient (Wildman–Crippen LogP) is 1.20. The summed E-state index contributed by atoms with van der Waals surface area (Å²) in [7, 11) is 0. The van der Waals surface area contributed by atoms with Crippen molar-refractivity contribution < 1.29 is 9.90 Å². The van der Waals surface area contributed by atoms with Crippen molar-refractivity contribution in [1.82, 2.24) is 14.7 Å². The van der Waals surface area contributed by atoms with Gasteiger partial charge in [0.1, 0.15) is 11.7 Å². The summed E-state index contributed by atoms with van der Waals surface area (Å²) in [5.74, 6) is -0.954. The lowest BCUT2D eigenvalue weighted by molar-refractivity contribution is -0.140. The lowest BCUT2D eigenvalue weighted by Crippen LogP contribution is -2.40. The lowest BCUT2D eigenvalue weighted by atomic mass is 10.0. The highest BCUT2D eigenvalue weighted by molar-refractivity contribution is 5.73. The first-order valence-corrected chi connectivity index (χ1v) is 6.83. The number of carboxylic acid groups (broad SMARTS) is 1. The maximum absolute atomic E-state index is 12.0. The molecule has 2 heterocycles. The maximum atomic E-state index is 12.0. The summed E-state index contributed by atoms with van der Waals surface area (Å²) in [6, 6.07) is 4.42. The van der Waals surface area contributed by atoms with Gasteiger partial charge in [-0.25, -0.2) is 4.98 Å². The largest absolute Gasteiger partial charge is 0.480 e. The van der Waals surface area contributed by atoms with E-state index in [0.717, 1.165) is 5.56 Å². The number of aliphatic carboxylic acids is 1. The van der Waals surface area contributed by atoms with E-state index in [1.54, 1.807) is 12.3 Å². The summed E-state index contributed by atoms with van der Waals surface area (Å²) in [4.78, 5) is 27.5. The zero-order valence-electron chi connectivity index (χ0n) is 12.3. The van der Waals surface area contributed by atoms with Crippen molar-refractivity contribution in [2.24, 2.45) is 5.92 Å². The Labute approximate surface area is 122 Å². The van der Waals surface area contributed by atoms with Crippen LogP contribution in [0.2, 0.25) is 0 Å². The van der Waals surface area contributed by atoms with Crippen molar-refractivity contribution >= 4 is 11.6 Å². The van der Waals surface area contributed by atoms with E-state index in [1.165, 1.54) is 10.5 Å². The van der Waals surface area contributed by atoms with Gasteiger partial charge < -0.3 is 5.11 Å². The Morgan fingerprint density at radius 3 is 2.76 bits per heavy atom. The van der Waals surface area contributed by atoms with E-state index in [2.05, 4.69) is 10.3 Å². The average Bonchev–Trinajstić information content (AvgIpc) is 2.39. The second-order valence-corrected chi connectivity index (χ2v) is 5.46. The van der Waals surface area contributed by atoms with Crippen LogP contribution in [-0.2, 0) is 11.3 Å². The molecule has 0 spiro atoms. The molecule has 2 aromatic heterocycles. The van der Waals surface area contributed by atoms with Crippen molar-refractivity contribution in [3.8, 4) is 0 Å². The maximum Gasteiger partial charge on any atom is 0.320 e. The third-order valence-corrected chi connectivity index (χ3v) is 3.30. The zero-order chi connectivity index (χ0) is 15.6. The third kappa shape index (κ3) is 3.46. The molecule has 0 saturated heterocycles. The minimum absolute atomic E-state index is 0.0493. The van der Waals surface area contributed by atoms with E-state index in [9.17, 15) is 9.59 Å². The van der Waals surface area contributed by atoms with E-state index in [1.807, 2.05) is 26.8 Å². The smallest absolute Gasteiger partial charge is 0.320 e. The molecule has 21 heavy (non-hydrogen) atoms. The Morgan fingerprint density at radius 1 is 1.43 bits per heavy atom. The summed E-state index contributed by atoms with van der Waals surface area (Å²) in [5, 5.41) is 12.1. The summed E-state index contributed by atoms with van der Waals surface area (Å²) in [6.45, 7) is 5.81. The number of nitrogens with one attached hydrogen (secondary N) is 1. The van der Waals surface area contributed by atoms with Crippen LogP contribution >= 0.6 is 0 Å². The van der Waals surface area contributed by atoms with Gasteiger partial charge in [-0.15, -0.1) is 0 Å². The molecular weight excluding hydrogens is 270 g/mol. The molecule has 112 valence electrons. The molecule has 1 unspecified atom stereocenters. The average molecular weight is 289 g/mol. The van der Waals surface area contributed by atoms with Gasteiger partial charge in [0.2, 0.25) is 0 Å². The fraction of sp³-hybridized carbons (Fsp3) is 0.400. The Balaban J connectivity index is 2.25. The summed E-state index contributed by atoms with van der Waals surface area (Å²) < 4.78 is 1.48. The number of aromatic nitrogens is 2. The van der Waals surface area contributed by atoms with E-state index in [0.29, 0.717) is 11.3 Å². The van der Waals surface area contributed by atoms with Gasteiger partial charge in [-0.1, -0.05) is 19.9 Å². The number of rotatable bonds is 5. The molecule has 2 rings (SSSR count). The topological polar surface area (TPSA) is 83.7 Å². The van der Waals surface area contributed by atoms with Gasteiger partial charge in [-0.05, 0) is 24.5 Å². The van der Waals surface area contributed by atoms with Crippen LogP contribution in [-0.4, -0.2) is 26.5 Å². The quantitative estimate of drug-likeness (QED) is 0.864. The normalized spacial score (nSPS) is 12.8. The molecule has 0 fully saturated rings. The number of hydrogen-bond acceptors (Lipinski definition) is 4. The van der Waals surface area contributed by atoms with Crippen LogP contribution in [0, 0.1) is 12.8 Å². The molecule has 0 bridgehead atoms. The molecule has 0 aliphatic carbocycles. The van der Waals surface area contributed by atoms with Gasteiger partial charge >= 0.3 is 5.97 Å². The molecule has 0 aliphatic rings. The van der Waals surface area contributed by atoms with Crippen molar-refractivity contribution in [1.29, 1.82) is 0 Å². The minimum atomic E-state index is -0.905. The van der Waals surface area contributed by atoms with Crippen molar-refractivity contribution in [3.63, 3.8) is 0 Å². The first kappa shape index (κ1) is 15.2. The SMILES string of the molecule is Cc1ccc2nc(CNC(C(=O)O)C(C)C)cc(=O)n2c1. The number of carboxylic acids is 1. The molecule has 0 radical (unpaired) electrons. The summed E-state index contributed by atoms with van der Waals surface area (Å²) in [6.07, 6.45) is 1.73. The number of fused-ring (bicyclic) bond motifs is 1. The van der Waals surface area contributed by atoms with Crippen LogP contribution < -0.4 is 10.9 Å². The molecule has 6 nitrogen and oxygen atoms in total. The number of pyridine rings is 1. The molecule has 2 aromatic rings. The minimum Gasteiger partial charge on any atom is -0.480 e. The Morgan fingerprint density at radius 2 is 2.14 bits per heavy atom. The molecule has 0 amide bonds. The van der Waals surface area contributed by atoms with Crippen LogP contribution in [0.5, 0.6) is 0 Å². The van der Waals surface area contributed by atoms with Crippen molar-refractivity contribution in [2.75, 3.05) is 0 Å². The Bertz CT molecular complexity index is 722. The summed E-state index contributed by atoms with van der Waals surface area (Å²) in [5.41, 5.74) is 1.90. The second kappa shape index (κ2) is 6.05. The van der Waals surface area contributed by atoms with E-state index >= 15 is 0 Å². The molecule has 1 atom stereocenters. The van der Waals surface area contributed by atoms with Crippen LogP contribution in [0.15, 0.2) is 29.2 Å².